The van der Waals surface area contributed by atoms with Crippen LogP contribution in [0.3, 0.4) is 0 Å². The van der Waals surface area contributed by atoms with Crippen LogP contribution in [0.2, 0.25) is 0 Å². The van der Waals surface area contributed by atoms with Crippen molar-refractivity contribution in [3.63, 3.8) is 0 Å². The molecule has 1 amide bonds. The molecule has 0 unspecified atom stereocenters. The maximum absolute atomic E-state index is 12.4. The van der Waals surface area contributed by atoms with Gasteiger partial charge in [0.15, 0.2) is 0 Å². The Kier molecular flexibility index (Phi) is 5.92. The third-order valence-electron chi connectivity index (χ3n) is 2.61. The minimum absolute atomic E-state index is 0.0976. The SMILES string of the molecule is CCSc1ccccc1NC(=O)c1cc(I)ccc1Br. The van der Waals surface area contributed by atoms with Crippen LogP contribution in [0.1, 0.15) is 17.3 Å². The predicted molar refractivity (Wildman–Crippen MR) is 97.7 cm³/mol. The molecule has 2 aromatic rings. The molecule has 0 atom stereocenters. The van der Waals surface area contributed by atoms with Crippen molar-refractivity contribution in [1.82, 2.24) is 0 Å². The van der Waals surface area contributed by atoms with Gasteiger partial charge in [0.2, 0.25) is 0 Å². The maximum atomic E-state index is 12.4. The number of carbonyl (C=O) groups is 1. The Hall–Kier alpha value is -0.530. The van der Waals surface area contributed by atoms with Gasteiger partial charge in [0.25, 0.3) is 5.91 Å². The van der Waals surface area contributed by atoms with Crippen molar-refractivity contribution in [3.8, 4) is 0 Å². The van der Waals surface area contributed by atoms with Gasteiger partial charge in [-0.15, -0.1) is 11.8 Å². The van der Waals surface area contributed by atoms with E-state index >= 15 is 0 Å². The zero-order valence-electron chi connectivity index (χ0n) is 10.8. The van der Waals surface area contributed by atoms with E-state index in [-0.39, 0.29) is 5.91 Å². The molecular formula is C15H13BrINOS. The Morgan fingerprint density at radius 3 is 2.80 bits per heavy atom. The van der Waals surface area contributed by atoms with E-state index in [1.165, 1.54) is 0 Å². The third kappa shape index (κ3) is 3.99. The summed E-state index contributed by atoms with van der Waals surface area (Å²) < 4.78 is 1.84. The fraction of sp³-hybridized carbons (Fsp3) is 0.133. The summed E-state index contributed by atoms with van der Waals surface area (Å²) in [5, 5.41) is 2.99. The van der Waals surface area contributed by atoms with Crippen molar-refractivity contribution in [3.05, 3.63) is 56.1 Å². The second-order valence-corrected chi connectivity index (χ2v) is 7.41. The molecule has 0 radical (unpaired) electrons. The summed E-state index contributed by atoms with van der Waals surface area (Å²) in [5.74, 6) is 0.874. The summed E-state index contributed by atoms with van der Waals surface area (Å²) in [7, 11) is 0. The zero-order valence-corrected chi connectivity index (χ0v) is 15.4. The first kappa shape index (κ1) is 15.9. The minimum atomic E-state index is -0.0976. The maximum Gasteiger partial charge on any atom is 0.256 e. The van der Waals surface area contributed by atoms with Gasteiger partial charge in [-0.2, -0.15) is 0 Å². The monoisotopic (exact) mass is 461 g/mol. The summed E-state index contributed by atoms with van der Waals surface area (Å²) in [6.45, 7) is 2.10. The molecule has 0 heterocycles. The molecule has 1 N–H and O–H groups in total. The highest BCUT2D eigenvalue weighted by Crippen LogP contribution is 2.28. The molecule has 0 aromatic heterocycles. The number of para-hydroxylation sites is 1. The van der Waals surface area contributed by atoms with E-state index < -0.39 is 0 Å². The number of carbonyl (C=O) groups excluding carboxylic acids is 1. The fourth-order valence-electron chi connectivity index (χ4n) is 1.71. The van der Waals surface area contributed by atoms with Crippen molar-refractivity contribution in [1.29, 1.82) is 0 Å². The summed E-state index contributed by atoms with van der Waals surface area (Å²) >= 11 is 7.34. The van der Waals surface area contributed by atoms with Crippen molar-refractivity contribution < 1.29 is 4.79 Å². The van der Waals surface area contributed by atoms with Gasteiger partial charge >= 0.3 is 0 Å². The first-order valence-electron chi connectivity index (χ1n) is 6.10. The molecule has 0 fully saturated rings. The van der Waals surface area contributed by atoms with Crippen molar-refractivity contribution in [2.45, 2.75) is 11.8 Å². The molecule has 2 rings (SSSR count). The molecule has 2 aromatic carbocycles. The van der Waals surface area contributed by atoms with E-state index in [1.807, 2.05) is 42.5 Å². The normalized spacial score (nSPS) is 10.3. The molecular weight excluding hydrogens is 449 g/mol. The average Bonchev–Trinajstić information content (AvgIpc) is 2.44. The topological polar surface area (TPSA) is 29.1 Å². The van der Waals surface area contributed by atoms with Crippen LogP contribution < -0.4 is 5.32 Å². The molecule has 0 aliphatic carbocycles. The number of nitrogens with one attached hydrogen (secondary N) is 1. The van der Waals surface area contributed by atoms with Crippen LogP contribution in [0.4, 0.5) is 5.69 Å². The number of anilines is 1. The van der Waals surface area contributed by atoms with Crippen LogP contribution in [-0.4, -0.2) is 11.7 Å². The lowest BCUT2D eigenvalue weighted by molar-refractivity contribution is 0.102. The Bertz CT molecular complexity index is 633. The van der Waals surface area contributed by atoms with Gasteiger partial charge in [-0.3, -0.25) is 4.79 Å². The van der Waals surface area contributed by atoms with Crippen LogP contribution in [0.15, 0.2) is 51.8 Å². The van der Waals surface area contributed by atoms with E-state index in [0.29, 0.717) is 5.56 Å². The van der Waals surface area contributed by atoms with E-state index in [0.717, 1.165) is 24.4 Å². The number of benzene rings is 2. The predicted octanol–water partition coefficient (Wildman–Crippen LogP) is 5.42. The smallest absolute Gasteiger partial charge is 0.256 e. The number of amides is 1. The van der Waals surface area contributed by atoms with E-state index in [4.69, 9.17) is 0 Å². The van der Waals surface area contributed by atoms with Gasteiger partial charge in [-0.05, 0) is 74.6 Å². The molecule has 2 nitrogen and oxygen atoms in total. The first-order chi connectivity index (χ1) is 9.61. The lowest BCUT2D eigenvalue weighted by atomic mass is 10.2. The molecule has 0 saturated carbocycles. The van der Waals surface area contributed by atoms with Gasteiger partial charge in [-0.1, -0.05) is 19.1 Å². The average molecular weight is 462 g/mol. The standard InChI is InChI=1S/C15H13BrINOS/c1-2-20-14-6-4-3-5-13(14)18-15(19)11-9-10(17)7-8-12(11)16/h3-9H,2H2,1H3,(H,18,19). The van der Waals surface area contributed by atoms with E-state index in [2.05, 4.69) is 50.8 Å². The Labute approximate surface area is 145 Å². The Balaban J connectivity index is 2.26. The van der Waals surface area contributed by atoms with Crippen LogP contribution in [0.25, 0.3) is 0 Å². The van der Waals surface area contributed by atoms with Gasteiger partial charge in [0, 0.05) is 12.9 Å². The van der Waals surface area contributed by atoms with Gasteiger partial charge < -0.3 is 5.32 Å². The van der Waals surface area contributed by atoms with E-state index in [1.54, 1.807) is 11.8 Å². The number of hydrogen-bond donors (Lipinski definition) is 1. The molecule has 0 spiro atoms. The van der Waals surface area contributed by atoms with Crippen LogP contribution in [-0.2, 0) is 0 Å². The highest BCUT2D eigenvalue weighted by molar-refractivity contribution is 14.1. The second-order valence-electron chi connectivity index (χ2n) is 4.01. The Morgan fingerprint density at radius 2 is 2.05 bits per heavy atom. The third-order valence-corrected chi connectivity index (χ3v) is 4.93. The number of rotatable bonds is 4. The highest BCUT2D eigenvalue weighted by Gasteiger charge is 2.12. The highest BCUT2D eigenvalue weighted by atomic mass is 127. The molecule has 0 aliphatic heterocycles. The second kappa shape index (κ2) is 7.47. The quantitative estimate of drug-likeness (QED) is 0.486. The fourth-order valence-corrected chi connectivity index (χ4v) is 3.39. The molecule has 5 heteroatoms. The van der Waals surface area contributed by atoms with Gasteiger partial charge in [-0.25, -0.2) is 0 Å². The molecule has 20 heavy (non-hydrogen) atoms. The minimum Gasteiger partial charge on any atom is -0.321 e. The lowest BCUT2D eigenvalue weighted by Crippen LogP contribution is -2.13. The zero-order chi connectivity index (χ0) is 14.5. The van der Waals surface area contributed by atoms with Gasteiger partial charge in [0.05, 0.1) is 11.3 Å². The van der Waals surface area contributed by atoms with Crippen molar-refractivity contribution in [2.75, 3.05) is 11.1 Å². The van der Waals surface area contributed by atoms with Crippen LogP contribution >= 0.6 is 50.3 Å². The first-order valence-corrected chi connectivity index (χ1v) is 8.95. The van der Waals surface area contributed by atoms with Crippen molar-refractivity contribution >= 4 is 61.9 Å². The largest absolute Gasteiger partial charge is 0.321 e. The summed E-state index contributed by atoms with van der Waals surface area (Å²) in [6, 6.07) is 13.6. The molecule has 0 bridgehead atoms. The van der Waals surface area contributed by atoms with Crippen LogP contribution in [0, 0.1) is 3.57 Å². The summed E-state index contributed by atoms with van der Waals surface area (Å²) in [5.41, 5.74) is 1.50. The molecule has 0 aliphatic rings. The summed E-state index contributed by atoms with van der Waals surface area (Å²) in [4.78, 5) is 13.5. The number of halogens is 2. The van der Waals surface area contributed by atoms with Crippen molar-refractivity contribution in [2.24, 2.45) is 0 Å². The molecule has 0 saturated heterocycles. The lowest BCUT2D eigenvalue weighted by Gasteiger charge is -2.11. The van der Waals surface area contributed by atoms with Crippen LogP contribution in [0.5, 0.6) is 0 Å². The number of thioether (sulfide) groups is 1. The number of hydrogen-bond acceptors (Lipinski definition) is 2. The van der Waals surface area contributed by atoms with Gasteiger partial charge in [0.1, 0.15) is 0 Å². The van der Waals surface area contributed by atoms with E-state index in [9.17, 15) is 4.79 Å². The Morgan fingerprint density at radius 1 is 1.30 bits per heavy atom. The summed E-state index contributed by atoms with van der Waals surface area (Å²) in [6.07, 6.45) is 0. The molecule has 104 valence electrons.